The average Bonchev–Trinajstić information content (AvgIpc) is 3.04. The second-order valence-electron chi connectivity index (χ2n) is 9.77. The molecular formula is C32H29BrCl4N4O6. The monoisotopic (exact) mass is 784 g/mol. The van der Waals surface area contributed by atoms with Crippen LogP contribution in [0.25, 0.3) is 0 Å². The molecule has 0 aliphatic heterocycles. The molecule has 0 aliphatic carbocycles. The Kier molecular flexibility index (Phi) is 17.0. The Morgan fingerprint density at radius 3 is 1.64 bits per heavy atom. The quantitative estimate of drug-likeness (QED) is 0.0689. The number of Topliss-reactive ketones (excluding diaryl/α,β-unsaturated/α-hetero) is 2. The Balaban J connectivity index is 0.000000270. The van der Waals surface area contributed by atoms with Crippen molar-refractivity contribution in [1.82, 2.24) is 10.2 Å². The van der Waals surface area contributed by atoms with E-state index in [9.17, 15) is 29.8 Å². The van der Waals surface area contributed by atoms with Gasteiger partial charge in [0.25, 0.3) is 11.4 Å². The molecule has 0 atom stereocenters. The molecule has 0 heterocycles. The van der Waals surface area contributed by atoms with Crippen molar-refractivity contribution < 1.29 is 19.4 Å². The minimum absolute atomic E-state index is 0.0631. The van der Waals surface area contributed by atoms with Crippen LogP contribution in [0.3, 0.4) is 0 Å². The molecule has 4 aromatic carbocycles. The minimum Gasteiger partial charge on any atom is -0.316 e. The fourth-order valence-electron chi connectivity index (χ4n) is 3.85. The average molecular weight is 787 g/mol. The Bertz CT molecular complexity index is 1730. The molecule has 0 aromatic heterocycles. The summed E-state index contributed by atoms with van der Waals surface area (Å²) in [5.41, 5.74) is 2.43. The number of likely N-dealkylation sites (N-methyl/N-ethyl adjacent to an activating group) is 1. The molecule has 1 N–H and O–H groups in total. The maximum atomic E-state index is 12.2. The number of ketones is 2. The van der Waals surface area contributed by atoms with Crippen LogP contribution in [-0.2, 0) is 13.1 Å². The van der Waals surface area contributed by atoms with E-state index in [1.807, 2.05) is 19.2 Å². The van der Waals surface area contributed by atoms with E-state index in [1.54, 1.807) is 48.3 Å². The second-order valence-corrected chi connectivity index (χ2v) is 12.0. The zero-order valence-corrected chi connectivity index (χ0v) is 29.7. The largest absolute Gasteiger partial charge is 0.316 e. The first-order valence-electron chi connectivity index (χ1n) is 13.6. The second kappa shape index (κ2) is 20.1. The van der Waals surface area contributed by atoms with Crippen LogP contribution >= 0.6 is 62.3 Å². The van der Waals surface area contributed by atoms with E-state index in [0.29, 0.717) is 37.8 Å². The molecule has 0 fully saturated rings. The lowest BCUT2D eigenvalue weighted by Crippen LogP contribution is -2.25. The minimum atomic E-state index is -0.523. The van der Waals surface area contributed by atoms with E-state index >= 15 is 0 Å². The number of carbonyl (C=O) groups excluding carboxylic acids is 2. The Hall–Kier alpha value is -3.42. The fourth-order valence-corrected chi connectivity index (χ4v) is 5.12. The van der Waals surface area contributed by atoms with E-state index < -0.39 is 9.85 Å². The van der Waals surface area contributed by atoms with Crippen LogP contribution < -0.4 is 5.32 Å². The number of benzene rings is 4. The summed E-state index contributed by atoms with van der Waals surface area (Å²) in [5, 5.41) is 26.8. The molecule has 47 heavy (non-hydrogen) atoms. The summed E-state index contributed by atoms with van der Waals surface area (Å²) in [5.74, 6) is -0.356. The van der Waals surface area contributed by atoms with Gasteiger partial charge in [-0.2, -0.15) is 0 Å². The highest BCUT2D eigenvalue weighted by molar-refractivity contribution is 9.09. The molecular weight excluding hydrogens is 758 g/mol. The van der Waals surface area contributed by atoms with Crippen LogP contribution in [0.4, 0.5) is 11.4 Å². The molecule has 15 heteroatoms. The van der Waals surface area contributed by atoms with Crippen LogP contribution in [0.1, 0.15) is 31.8 Å². The summed E-state index contributed by atoms with van der Waals surface area (Å²) in [4.78, 5) is 45.2. The topological polar surface area (TPSA) is 136 Å². The summed E-state index contributed by atoms with van der Waals surface area (Å²) in [6.07, 6.45) is 0. The van der Waals surface area contributed by atoms with Crippen molar-refractivity contribution in [2.75, 3.05) is 26.0 Å². The van der Waals surface area contributed by atoms with E-state index in [2.05, 4.69) is 21.2 Å². The van der Waals surface area contributed by atoms with Gasteiger partial charge >= 0.3 is 0 Å². The lowest BCUT2D eigenvalue weighted by atomic mass is 10.1. The molecule has 0 radical (unpaired) electrons. The van der Waals surface area contributed by atoms with E-state index in [-0.39, 0.29) is 34.8 Å². The van der Waals surface area contributed by atoms with Gasteiger partial charge in [0.15, 0.2) is 11.6 Å². The highest BCUT2D eigenvalue weighted by Gasteiger charge is 2.15. The summed E-state index contributed by atoms with van der Waals surface area (Å²) in [6.45, 7) is 1.37. The lowest BCUT2D eigenvalue weighted by molar-refractivity contribution is -0.385. The van der Waals surface area contributed by atoms with Gasteiger partial charge < -0.3 is 5.32 Å². The molecule has 0 aliphatic rings. The first kappa shape index (κ1) is 39.8. The standard InChI is InChI=1S/C16H14Cl2N2O3.C8H6BrNO3.C8H9Cl2N/c1-19(9-12-5-6-13(17)8-15(12)18)10-16(21)11-3-2-4-14(7-11)20(22)23;9-5-8(11)6-2-1-3-7(4-6)10(12)13;1-11-5-6-2-3-7(9)4-8(6)10/h2-8H,9-10H2,1H3;1-4H,5H2;2-4,11H,5H2,1H3. The number of nitro groups is 2. The van der Waals surface area contributed by atoms with Crippen molar-refractivity contribution in [3.05, 3.63) is 148 Å². The molecule has 0 saturated carbocycles. The van der Waals surface area contributed by atoms with Gasteiger partial charge in [0.2, 0.25) is 0 Å². The number of nitro benzene ring substituents is 2. The molecule has 248 valence electrons. The SMILES string of the molecule is CN(CC(=O)c1cccc([N+](=O)[O-])c1)Cc1ccc(Cl)cc1Cl.CNCc1ccc(Cl)cc1Cl.O=C(CBr)c1cccc([N+](=O)[O-])c1. The van der Waals surface area contributed by atoms with Gasteiger partial charge in [-0.15, -0.1) is 0 Å². The van der Waals surface area contributed by atoms with Crippen LogP contribution in [0.2, 0.25) is 20.1 Å². The van der Waals surface area contributed by atoms with Crippen molar-refractivity contribution in [2.45, 2.75) is 13.1 Å². The van der Waals surface area contributed by atoms with Gasteiger partial charge in [0, 0.05) is 68.6 Å². The number of nitrogens with one attached hydrogen (secondary N) is 1. The van der Waals surface area contributed by atoms with Gasteiger partial charge in [-0.1, -0.05) is 98.7 Å². The van der Waals surface area contributed by atoms with Crippen molar-refractivity contribution >= 4 is 85.3 Å². The third-order valence-corrected chi connectivity index (χ3v) is 7.81. The number of carbonyl (C=O) groups is 2. The summed E-state index contributed by atoms with van der Waals surface area (Å²) >= 11 is 26.6. The summed E-state index contributed by atoms with van der Waals surface area (Å²) in [6, 6.07) is 22.1. The molecule has 4 rings (SSSR count). The predicted molar refractivity (Wildman–Crippen MR) is 191 cm³/mol. The van der Waals surface area contributed by atoms with Gasteiger partial charge in [0.05, 0.1) is 21.7 Å². The Morgan fingerprint density at radius 1 is 0.745 bits per heavy atom. The smallest absolute Gasteiger partial charge is 0.270 e. The Morgan fingerprint density at radius 2 is 1.21 bits per heavy atom. The lowest BCUT2D eigenvalue weighted by Gasteiger charge is -2.16. The number of hydrogen-bond donors (Lipinski definition) is 1. The van der Waals surface area contributed by atoms with Crippen molar-refractivity contribution in [3.63, 3.8) is 0 Å². The first-order valence-corrected chi connectivity index (χ1v) is 16.2. The van der Waals surface area contributed by atoms with Crippen LogP contribution in [0, 0.1) is 20.2 Å². The third kappa shape index (κ3) is 13.7. The normalized spacial score (nSPS) is 10.3. The maximum absolute atomic E-state index is 12.2. The summed E-state index contributed by atoms with van der Waals surface area (Å²) < 4.78 is 0. The molecule has 0 amide bonds. The van der Waals surface area contributed by atoms with Crippen LogP contribution in [0.15, 0.2) is 84.9 Å². The number of nitrogens with zero attached hydrogens (tertiary/aromatic N) is 3. The van der Waals surface area contributed by atoms with Crippen LogP contribution in [-0.4, -0.2) is 52.3 Å². The number of rotatable bonds is 11. The maximum Gasteiger partial charge on any atom is 0.270 e. The zero-order chi connectivity index (χ0) is 35.1. The molecule has 10 nitrogen and oxygen atoms in total. The van der Waals surface area contributed by atoms with E-state index in [4.69, 9.17) is 46.4 Å². The van der Waals surface area contributed by atoms with Crippen molar-refractivity contribution in [1.29, 1.82) is 0 Å². The van der Waals surface area contributed by atoms with E-state index in [0.717, 1.165) is 17.7 Å². The van der Waals surface area contributed by atoms with Gasteiger partial charge in [-0.3, -0.25) is 34.7 Å². The predicted octanol–water partition coefficient (Wildman–Crippen LogP) is 9.10. The van der Waals surface area contributed by atoms with Crippen molar-refractivity contribution in [2.24, 2.45) is 0 Å². The van der Waals surface area contributed by atoms with Crippen molar-refractivity contribution in [3.8, 4) is 0 Å². The molecule has 0 saturated heterocycles. The highest BCUT2D eigenvalue weighted by atomic mass is 79.9. The van der Waals surface area contributed by atoms with Gasteiger partial charge in [-0.25, -0.2) is 0 Å². The van der Waals surface area contributed by atoms with Gasteiger partial charge in [0.1, 0.15) is 0 Å². The Labute approximate surface area is 300 Å². The van der Waals surface area contributed by atoms with E-state index in [1.165, 1.54) is 36.4 Å². The molecule has 4 aromatic rings. The number of alkyl halides is 1. The highest BCUT2D eigenvalue weighted by Crippen LogP contribution is 2.23. The van der Waals surface area contributed by atoms with Crippen LogP contribution in [0.5, 0.6) is 0 Å². The molecule has 0 spiro atoms. The van der Waals surface area contributed by atoms with Gasteiger partial charge in [-0.05, 0) is 49.5 Å². The fraction of sp³-hybridized carbons (Fsp3) is 0.188. The summed E-state index contributed by atoms with van der Waals surface area (Å²) in [7, 11) is 3.66. The number of non-ortho nitro benzene ring substituents is 2. The number of hydrogen-bond acceptors (Lipinski definition) is 8. The molecule has 0 bridgehead atoms. The third-order valence-electron chi connectivity index (χ3n) is 6.13. The number of halogens is 5. The zero-order valence-electron chi connectivity index (χ0n) is 25.1. The first-order chi connectivity index (χ1) is 22.2. The molecule has 0 unspecified atom stereocenters.